The van der Waals surface area contributed by atoms with Crippen LogP contribution in [0.2, 0.25) is 0 Å². The highest BCUT2D eigenvalue weighted by atomic mass is 32.2. The van der Waals surface area contributed by atoms with Gasteiger partial charge in [-0.1, -0.05) is 6.42 Å². The van der Waals surface area contributed by atoms with Crippen molar-refractivity contribution in [2.45, 2.75) is 43.0 Å². The van der Waals surface area contributed by atoms with E-state index in [-0.39, 0.29) is 17.9 Å². The molecule has 0 aromatic rings. The predicted octanol–water partition coefficient (Wildman–Crippen LogP) is -0.159. The summed E-state index contributed by atoms with van der Waals surface area (Å²) in [6.07, 6.45) is 4.24. The Hall–Kier alpha value is -0.620. The Kier molecular flexibility index (Phi) is 3.20. The van der Waals surface area contributed by atoms with Gasteiger partial charge in [-0.2, -0.15) is 0 Å². The van der Waals surface area contributed by atoms with Crippen LogP contribution in [0.15, 0.2) is 0 Å². The van der Waals surface area contributed by atoms with E-state index in [0.29, 0.717) is 19.4 Å². The van der Waals surface area contributed by atoms with Crippen LogP contribution in [0.5, 0.6) is 0 Å². The van der Waals surface area contributed by atoms with Gasteiger partial charge in [0.15, 0.2) is 14.6 Å². The summed E-state index contributed by atoms with van der Waals surface area (Å²) in [5.41, 5.74) is 0. The maximum Gasteiger partial charge on any atom is 0.241 e. The maximum absolute atomic E-state index is 11.9. The zero-order valence-electron chi connectivity index (χ0n) is 9.98. The molecular weight excluding hydrogens is 242 g/mol. The number of rotatable bonds is 4. The molecule has 2 saturated carbocycles. The molecule has 0 aromatic carbocycles. The number of carbonyl (C=O) groups excluding carboxylic acids is 1. The number of aliphatic hydroxyl groups is 1. The van der Waals surface area contributed by atoms with Gasteiger partial charge in [0, 0.05) is 18.7 Å². The van der Waals surface area contributed by atoms with Crippen LogP contribution in [-0.4, -0.2) is 43.1 Å². The lowest BCUT2D eigenvalue weighted by Crippen LogP contribution is -2.44. The molecular formula is C11H19NO4S. The van der Waals surface area contributed by atoms with E-state index in [1.807, 2.05) is 0 Å². The Bertz CT molecular complexity index is 413. The molecule has 0 saturated heterocycles. The number of amides is 1. The molecule has 98 valence electrons. The first-order valence-electron chi connectivity index (χ1n) is 6.03. The molecule has 0 bridgehead atoms. The molecule has 0 aliphatic heterocycles. The smallest absolute Gasteiger partial charge is 0.241 e. The van der Waals surface area contributed by atoms with Crippen LogP contribution in [0.3, 0.4) is 0 Å². The molecule has 2 atom stereocenters. The lowest BCUT2D eigenvalue weighted by molar-refractivity contribution is -0.121. The SMILES string of the molecule is CS(=O)(=O)C1(C(=O)NC[C@@H]2CCC[C@H]2O)CC1. The van der Waals surface area contributed by atoms with E-state index in [1.54, 1.807) is 0 Å². The molecule has 0 heterocycles. The molecule has 2 rings (SSSR count). The van der Waals surface area contributed by atoms with E-state index in [0.717, 1.165) is 25.5 Å². The molecule has 2 aliphatic carbocycles. The van der Waals surface area contributed by atoms with Gasteiger partial charge in [-0.15, -0.1) is 0 Å². The van der Waals surface area contributed by atoms with Gasteiger partial charge in [0.2, 0.25) is 5.91 Å². The summed E-state index contributed by atoms with van der Waals surface area (Å²) in [6.45, 7) is 0.386. The third-order valence-corrected chi connectivity index (χ3v) is 5.98. The fraction of sp³-hybridized carbons (Fsp3) is 0.909. The Morgan fingerprint density at radius 3 is 2.47 bits per heavy atom. The van der Waals surface area contributed by atoms with Gasteiger partial charge in [0.05, 0.1) is 6.10 Å². The number of carbonyl (C=O) groups is 1. The van der Waals surface area contributed by atoms with Crippen molar-refractivity contribution in [2.75, 3.05) is 12.8 Å². The van der Waals surface area contributed by atoms with Crippen LogP contribution < -0.4 is 5.32 Å². The summed E-state index contributed by atoms with van der Waals surface area (Å²) in [4.78, 5) is 11.9. The van der Waals surface area contributed by atoms with Gasteiger partial charge in [-0.25, -0.2) is 8.42 Å². The van der Waals surface area contributed by atoms with E-state index >= 15 is 0 Å². The number of sulfone groups is 1. The predicted molar refractivity (Wildman–Crippen MR) is 63.2 cm³/mol. The zero-order chi connectivity index (χ0) is 12.7. The number of hydrogen-bond acceptors (Lipinski definition) is 4. The first-order chi connectivity index (χ1) is 7.87. The monoisotopic (exact) mass is 261 g/mol. The molecule has 2 N–H and O–H groups in total. The standard InChI is InChI=1S/C11H19NO4S/c1-17(15,16)11(5-6-11)10(14)12-7-8-3-2-4-9(8)13/h8-9,13H,2-7H2,1H3,(H,12,14)/t8-,9+/m0/s1. The fourth-order valence-electron chi connectivity index (χ4n) is 2.52. The van der Waals surface area contributed by atoms with Crippen molar-refractivity contribution >= 4 is 15.7 Å². The number of hydrogen-bond donors (Lipinski definition) is 2. The van der Waals surface area contributed by atoms with E-state index in [4.69, 9.17) is 0 Å². The van der Waals surface area contributed by atoms with E-state index in [9.17, 15) is 18.3 Å². The van der Waals surface area contributed by atoms with Gasteiger partial charge >= 0.3 is 0 Å². The fourth-order valence-corrected chi connectivity index (χ4v) is 3.77. The first-order valence-corrected chi connectivity index (χ1v) is 7.92. The number of aliphatic hydroxyl groups excluding tert-OH is 1. The van der Waals surface area contributed by atoms with Gasteiger partial charge < -0.3 is 10.4 Å². The third kappa shape index (κ3) is 2.33. The summed E-state index contributed by atoms with van der Waals surface area (Å²) < 4.78 is 21.8. The normalized spacial score (nSPS) is 31.2. The quantitative estimate of drug-likeness (QED) is 0.736. The lowest BCUT2D eigenvalue weighted by atomic mass is 10.1. The van der Waals surface area contributed by atoms with Crippen molar-refractivity contribution in [3.05, 3.63) is 0 Å². The molecule has 5 nitrogen and oxygen atoms in total. The highest BCUT2D eigenvalue weighted by molar-refractivity contribution is 7.93. The minimum Gasteiger partial charge on any atom is -0.393 e. The second-order valence-corrected chi connectivity index (χ2v) is 7.56. The summed E-state index contributed by atoms with van der Waals surface area (Å²) in [5.74, 6) is -0.312. The van der Waals surface area contributed by atoms with Crippen molar-refractivity contribution in [3.8, 4) is 0 Å². The average Bonchev–Trinajstić information content (AvgIpc) is 2.95. The van der Waals surface area contributed by atoms with E-state index in [2.05, 4.69) is 5.32 Å². The van der Waals surface area contributed by atoms with E-state index < -0.39 is 14.6 Å². The van der Waals surface area contributed by atoms with Crippen molar-refractivity contribution in [2.24, 2.45) is 5.92 Å². The Balaban J connectivity index is 1.90. The summed E-state index contributed by atoms with van der Waals surface area (Å²) in [6, 6.07) is 0. The van der Waals surface area contributed by atoms with Crippen molar-refractivity contribution in [1.29, 1.82) is 0 Å². The van der Waals surface area contributed by atoms with Crippen LogP contribution in [-0.2, 0) is 14.6 Å². The molecule has 0 unspecified atom stereocenters. The average molecular weight is 261 g/mol. The molecule has 1 amide bonds. The molecule has 2 fully saturated rings. The van der Waals surface area contributed by atoms with Gasteiger partial charge in [0.1, 0.15) is 0 Å². The van der Waals surface area contributed by atoms with Crippen LogP contribution in [0.1, 0.15) is 32.1 Å². The topological polar surface area (TPSA) is 83.5 Å². The van der Waals surface area contributed by atoms with Gasteiger partial charge in [-0.05, 0) is 25.7 Å². The Morgan fingerprint density at radius 2 is 2.06 bits per heavy atom. The molecule has 0 radical (unpaired) electrons. The summed E-state index contributed by atoms with van der Waals surface area (Å²) in [7, 11) is -3.32. The van der Waals surface area contributed by atoms with Gasteiger partial charge in [0.25, 0.3) is 0 Å². The van der Waals surface area contributed by atoms with Crippen LogP contribution in [0.25, 0.3) is 0 Å². The van der Waals surface area contributed by atoms with Gasteiger partial charge in [-0.3, -0.25) is 4.79 Å². The molecule has 6 heteroatoms. The summed E-state index contributed by atoms with van der Waals surface area (Å²) >= 11 is 0. The van der Waals surface area contributed by atoms with Crippen LogP contribution in [0.4, 0.5) is 0 Å². The minimum atomic E-state index is -3.32. The number of nitrogens with one attached hydrogen (secondary N) is 1. The van der Waals surface area contributed by atoms with Crippen molar-refractivity contribution in [1.82, 2.24) is 5.32 Å². The highest BCUT2D eigenvalue weighted by Gasteiger charge is 2.58. The van der Waals surface area contributed by atoms with E-state index in [1.165, 1.54) is 0 Å². The van der Waals surface area contributed by atoms with Crippen LogP contribution >= 0.6 is 0 Å². The molecule has 0 spiro atoms. The largest absolute Gasteiger partial charge is 0.393 e. The third-order valence-electron chi connectivity index (χ3n) is 3.97. The highest BCUT2D eigenvalue weighted by Crippen LogP contribution is 2.43. The lowest BCUT2D eigenvalue weighted by Gasteiger charge is -2.18. The second kappa shape index (κ2) is 4.24. The first kappa shape index (κ1) is 12.8. The molecule has 0 aromatic heterocycles. The summed E-state index contributed by atoms with van der Waals surface area (Å²) in [5, 5.41) is 12.3. The Morgan fingerprint density at radius 1 is 1.41 bits per heavy atom. The Labute approximate surface area is 102 Å². The minimum absolute atomic E-state index is 0.0781. The molecule has 17 heavy (non-hydrogen) atoms. The van der Waals surface area contributed by atoms with Crippen molar-refractivity contribution < 1.29 is 18.3 Å². The van der Waals surface area contributed by atoms with Crippen LogP contribution in [0, 0.1) is 5.92 Å². The second-order valence-electron chi connectivity index (χ2n) is 5.23. The van der Waals surface area contributed by atoms with Crippen molar-refractivity contribution in [3.63, 3.8) is 0 Å². The molecule has 2 aliphatic rings. The maximum atomic E-state index is 11.9. The zero-order valence-corrected chi connectivity index (χ0v) is 10.8.